The van der Waals surface area contributed by atoms with Gasteiger partial charge in [0.05, 0.1) is 6.04 Å². The lowest BCUT2D eigenvalue weighted by Gasteiger charge is -2.39. The maximum Gasteiger partial charge on any atom is 0.239 e. The number of H-pyrrole nitrogens is 1. The van der Waals surface area contributed by atoms with E-state index in [2.05, 4.69) is 25.1 Å². The van der Waals surface area contributed by atoms with Crippen LogP contribution in [0.1, 0.15) is 25.3 Å². The number of aromatic nitrogens is 1. The first-order valence-electron chi connectivity index (χ1n) is 11.3. The molecule has 2 fully saturated rings. The number of amides is 1. The highest BCUT2D eigenvalue weighted by Crippen LogP contribution is 2.19. The van der Waals surface area contributed by atoms with Crippen LogP contribution in [-0.4, -0.2) is 90.5 Å². The first-order chi connectivity index (χ1) is 15.1. The fourth-order valence-electron chi connectivity index (χ4n) is 4.68. The van der Waals surface area contributed by atoms with Gasteiger partial charge in [-0.2, -0.15) is 0 Å². The van der Waals surface area contributed by atoms with Crippen molar-refractivity contribution in [3.05, 3.63) is 35.8 Å². The van der Waals surface area contributed by atoms with Gasteiger partial charge in [-0.25, -0.2) is 4.39 Å². The predicted molar refractivity (Wildman–Crippen MR) is 122 cm³/mol. The molecule has 1 atom stereocenters. The Morgan fingerprint density at radius 1 is 1.16 bits per heavy atom. The smallest absolute Gasteiger partial charge is 0.239 e. The van der Waals surface area contributed by atoms with Crippen LogP contribution < -0.4 is 5.32 Å². The third-order valence-electron chi connectivity index (χ3n) is 6.56. The molecule has 2 N–H and O–H groups in total. The molecule has 3 heterocycles. The number of guanidine groups is 1. The van der Waals surface area contributed by atoms with E-state index in [1.807, 2.05) is 18.0 Å². The summed E-state index contributed by atoms with van der Waals surface area (Å²) in [5.74, 6) is 0.931. The number of benzene rings is 1. The van der Waals surface area contributed by atoms with E-state index in [0.717, 1.165) is 87.5 Å². The number of fused-ring (bicyclic) bond motifs is 1. The Morgan fingerprint density at radius 2 is 1.90 bits per heavy atom. The Hall–Kier alpha value is -2.61. The summed E-state index contributed by atoms with van der Waals surface area (Å²) < 4.78 is 13.6. The molecule has 0 bridgehead atoms. The van der Waals surface area contributed by atoms with Crippen molar-refractivity contribution >= 4 is 22.8 Å². The third-order valence-corrected chi connectivity index (χ3v) is 6.56. The van der Waals surface area contributed by atoms with Crippen molar-refractivity contribution < 1.29 is 9.18 Å². The lowest BCUT2D eigenvalue weighted by Crippen LogP contribution is -2.57. The maximum atomic E-state index is 13.6. The number of nitrogens with zero attached hydrogens (tertiary/aromatic N) is 4. The molecule has 1 unspecified atom stereocenters. The van der Waals surface area contributed by atoms with Gasteiger partial charge in [-0.15, -0.1) is 0 Å². The van der Waals surface area contributed by atoms with Gasteiger partial charge in [0.2, 0.25) is 5.91 Å². The zero-order chi connectivity index (χ0) is 21.8. The number of rotatable bonds is 5. The highest BCUT2D eigenvalue weighted by molar-refractivity contribution is 5.84. The van der Waals surface area contributed by atoms with Gasteiger partial charge in [0.1, 0.15) is 5.82 Å². The van der Waals surface area contributed by atoms with Crippen LogP contribution in [0.4, 0.5) is 4.39 Å². The van der Waals surface area contributed by atoms with Gasteiger partial charge in [0.25, 0.3) is 0 Å². The van der Waals surface area contributed by atoms with E-state index in [-0.39, 0.29) is 17.8 Å². The molecule has 2 aliphatic rings. The summed E-state index contributed by atoms with van der Waals surface area (Å²) in [7, 11) is 1.80. The lowest BCUT2D eigenvalue weighted by molar-refractivity contribution is -0.135. The number of halogens is 1. The Bertz CT molecular complexity index is 927. The second kappa shape index (κ2) is 9.68. The fourth-order valence-corrected chi connectivity index (χ4v) is 4.68. The molecule has 2 aliphatic heterocycles. The van der Waals surface area contributed by atoms with Gasteiger partial charge in [0.15, 0.2) is 5.96 Å². The summed E-state index contributed by atoms with van der Waals surface area (Å²) in [6.07, 6.45) is 4.99. The van der Waals surface area contributed by atoms with Gasteiger partial charge in [-0.05, 0) is 49.9 Å². The second-order valence-electron chi connectivity index (χ2n) is 8.46. The maximum absolute atomic E-state index is 13.6. The zero-order valence-corrected chi connectivity index (χ0v) is 18.5. The van der Waals surface area contributed by atoms with Crippen molar-refractivity contribution in [2.45, 2.75) is 32.2 Å². The zero-order valence-electron chi connectivity index (χ0n) is 18.5. The van der Waals surface area contributed by atoms with Crippen molar-refractivity contribution in [2.24, 2.45) is 4.99 Å². The number of nitrogens with one attached hydrogen (secondary N) is 2. The second-order valence-corrected chi connectivity index (χ2v) is 8.46. The summed E-state index contributed by atoms with van der Waals surface area (Å²) in [4.78, 5) is 26.9. The van der Waals surface area contributed by atoms with Crippen LogP contribution >= 0.6 is 0 Å². The number of piperazine rings is 1. The summed E-state index contributed by atoms with van der Waals surface area (Å²) in [6, 6.07) is 4.77. The Kier molecular flexibility index (Phi) is 6.75. The van der Waals surface area contributed by atoms with E-state index in [0.29, 0.717) is 0 Å². The molecule has 0 aliphatic carbocycles. The van der Waals surface area contributed by atoms with Crippen molar-refractivity contribution in [2.75, 3.05) is 52.9 Å². The van der Waals surface area contributed by atoms with Crippen molar-refractivity contribution in [1.82, 2.24) is 25.0 Å². The first kappa shape index (κ1) is 21.6. The minimum Gasteiger partial charge on any atom is -0.361 e. The molecule has 0 radical (unpaired) electrons. The Balaban J connectivity index is 1.26. The summed E-state index contributed by atoms with van der Waals surface area (Å²) in [6.45, 7) is 7.96. The van der Waals surface area contributed by atoms with Crippen LogP contribution in [-0.2, 0) is 11.2 Å². The molecule has 2 saturated heterocycles. The quantitative estimate of drug-likeness (QED) is 0.565. The Morgan fingerprint density at radius 3 is 2.61 bits per heavy atom. The molecule has 168 valence electrons. The van der Waals surface area contributed by atoms with Crippen molar-refractivity contribution in [3.63, 3.8) is 0 Å². The average Bonchev–Trinajstić information content (AvgIpc) is 3.46. The van der Waals surface area contributed by atoms with Crippen LogP contribution in [0.2, 0.25) is 0 Å². The topological polar surface area (TPSA) is 67.0 Å². The monoisotopic (exact) mass is 428 g/mol. The minimum absolute atomic E-state index is 0.0579. The molecule has 1 aromatic carbocycles. The van der Waals surface area contributed by atoms with Gasteiger partial charge in [-0.3, -0.25) is 14.7 Å². The van der Waals surface area contributed by atoms with Crippen molar-refractivity contribution in [1.29, 1.82) is 0 Å². The number of aliphatic imine (C=N–C) groups is 1. The van der Waals surface area contributed by atoms with E-state index < -0.39 is 0 Å². The SMILES string of the molecule is CN=C(NCCc1c[nH]c2ccc(F)cc12)N1CCN(C(C)C(=O)N2CCCC2)CC1. The summed E-state index contributed by atoms with van der Waals surface area (Å²) in [5.41, 5.74) is 2.05. The van der Waals surface area contributed by atoms with Crippen molar-refractivity contribution in [3.8, 4) is 0 Å². The van der Waals surface area contributed by atoms with Gasteiger partial charge < -0.3 is 20.1 Å². The highest BCUT2D eigenvalue weighted by atomic mass is 19.1. The van der Waals surface area contributed by atoms with Gasteiger partial charge in [0, 0.05) is 70.0 Å². The summed E-state index contributed by atoms with van der Waals surface area (Å²) in [5, 5.41) is 4.38. The number of hydrogen-bond acceptors (Lipinski definition) is 3. The third kappa shape index (κ3) is 4.84. The number of aromatic amines is 1. The molecule has 8 heteroatoms. The van der Waals surface area contributed by atoms with Gasteiger partial charge >= 0.3 is 0 Å². The Labute approximate surface area is 183 Å². The number of carbonyl (C=O) groups excluding carboxylic acids is 1. The minimum atomic E-state index is -0.215. The average molecular weight is 429 g/mol. The van der Waals surface area contributed by atoms with Gasteiger partial charge in [-0.1, -0.05) is 0 Å². The lowest BCUT2D eigenvalue weighted by atomic mass is 10.1. The molecule has 1 amide bonds. The van der Waals surface area contributed by atoms with E-state index in [1.165, 1.54) is 6.07 Å². The molecule has 4 rings (SSSR count). The van der Waals surface area contributed by atoms with Crippen LogP contribution in [0, 0.1) is 5.82 Å². The largest absolute Gasteiger partial charge is 0.361 e. The van der Waals surface area contributed by atoms with E-state index in [4.69, 9.17) is 0 Å². The predicted octanol–water partition coefficient (Wildman–Crippen LogP) is 2.05. The molecular weight excluding hydrogens is 395 g/mol. The summed E-state index contributed by atoms with van der Waals surface area (Å²) >= 11 is 0. The fraction of sp³-hybridized carbons (Fsp3) is 0.565. The highest BCUT2D eigenvalue weighted by Gasteiger charge is 2.30. The van der Waals surface area contributed by atoms with Crippen LogP contribution in [0.3, 0.4) is 0 Å². The molecule has 7 nitrogen and oxygen atoms in total. The van der Waals surface area contributed by atoms with Crippen LogP contribution in [0.25, 0.3) is 10.9 Å². The molecular formula is C23H33FN6O. The molecule has 0 spiro atoms. The number of likely N-dealkylation sites (tertiary alicyclic amines) is 1. The molecule has 2 aromatic rings. The van der Waals surface area contributed by atoms with Crippen LogP contribution in [0.5, 0.6) is 0 Å². The number of carbonyl (C=O) groups is 1. The van der Waals surface area contributed by atoms with E-state index >= 15 is 0 Å². The molecule has 1 aromatic heterocycles. The molecule has 0 saturated carbocycles. The van der Waals surface area contributed by atoms with Crippen LogP contribution in [0.15, 0.2) is 29.4 Å². The van der Waals surface area contributed by atoms with E-state index in [1.54, 1.807) is 19.2 Å². The van der Waals surface area contributed by atoms with E-state index in [9.17, 15) is 9.18 Å². The molecule has 31 heavy (non-hydrogen) atoms. The normalized spacial score (nSPS) is 19.3. The standard InChI is InChI=1S/C23H33FN6O/c1-17(22(31)29-9-3-4-10-29)28-11-13-30(14-12-28)23(25-2)26-8-7-18-16-27-21-6-5-19(24)15-20(18)21/h5-6,15-17,27H,3-4,7-14H2,1-2H3,(H,25,26). The first-order valence-corrected chi connectivity index (χ1v) is 11.3. The number of hydrogen-bond donors (Lipinski definition) is 2.